The lowest BCUT2D eigenvalue weighted by molar-refractivity contribution is 0.0157. The summed E-state index contributed by atoms with van der Waals surface area (Å²) in [6, 6.07) is 0. The molecule has 60 valence electrons. The summed E-state index contributed by atoms with van der Waals surface area (Å²) in [4.78, 5) is 0. The third-order valence-corrected chi connectivity index (χ3v) is 1.65. The molecular formula is C7H15NO2. The van der Waals surface area contributed by atoms with Crippen LogP contribution in [0.4, 0.5) is 0 Å². The molecule has 0 aromatic carbocycles. The van der Waals surface area contributed by atoms with Gasteiger partial charge in [0.2, 0.25) is 0 Å². The van der Waals surface area contributed by atoms with Crippen molar-refractivity contribution in [3.63, 3.8) is 0 Å². The molecule has 0 amide bonds. The van der Waals surface area contributed by atoms with E-state index in [-0.39, 0.29) is 6.61 Å². The zero-order valence-corrected chi connectivity index (χ0v) is 6.18. The van der Waals surface area contributed by atoms with Crippen LogP contribution < -0.4 is 5.32 Å². The van der Waals surface area contributed by atoms with E-state index in [1.54, 1.807) is 0 Å². The normalized spacial score (nSPS) is 18.9. The number of hydrogen-bond acceptors (Lipinski definition) is 3. The molecule has 0 unspecified atom stereocenters. The second-order valence-corrected chi connectivity index (χ2v) is 2.58. The maximum atomic E-state index is 8.43. The molecule has 1 heterocycles. The molecule has 0 atom stereocenters. The second-order valence-electron chi connectivity index (χ2n) is 2.58. The molecule has 1 fully saturated rings. The van der Waals surface area contributed by atoms with Crippen LogP contribution in [0.5, 0.6) is 0 Å². The number of unbranched alkanes of at least 4 members (excludes halogenated alkanes) is 1. The fourth-order valence-corrected chi connectivity index (χ4v) is 0.844. The van der Waals surface area contributed by atoms with Crippen molar-refractivity contribution in [3.8, 4) is 0 Å². The van der Waals surface area contributed by atoms with Crippen LogP contribution in [0.2, 0.25) is 0 Å². The van der Waals surface area contributed by atoms with Crippen LogP contribution in [0.15, 0.2) is 0 Å². The molecule has 3 nitrogen and oxygen atoms in total. The summed E-state index contributed by atoms with van der Waals surface area (Å²) < 4.78 is 5.41. The molecule has 0 saturated carbocycles. The first-order chi connectivity index (χ1) is 4.93. The number of hydrogen-bond donors (Lipinski definition) is 2. The van der Waals surface area contributed by atoms with E-state index in [9.17, 15) is 0 Å². The number of ether oxygens (including phenoxy) is 1. The maximum Gasteiger partial charge on any atom is 0.0823 e. The first kappa shape index (κ1) is 7.98. The van der Waals surface area contributed by atoms with Crippen molar-refractivity contribution in [1.29, 1.82) is 0 Å². The Morgan fingerprint density at radius 2 is 2.20 bits per heavy atom. The maximum absolute atomic E-state index is 8.43. The van der Waals surface area contributed by atoms with E-state index in [2.05, 4.69) is 5.32 Å². The van der Waals surface area contributed by atoms with Gasteiger partial charge >= 0.3 is 0 Å². The van der Waals surface area contributed by atoms with Gasteiger partial charge in [-0.05, 0) is 12.8 Å². The lowest BCUT2D eigenvalue weighted by Crippen LogP contribution is -2.48. The van der Waals surface area contributed by atoms with Crippen LogP contribution in [0.25, 0.3) is 0 Å². The first-order valence-corrected chi connectivity index (χ1v) is 3.86. The predicted octanol–water partition coefficient (Wildman–Crippen LogP) is -0.253. The number of nitrogens with one attached hydrogen (secondary N) is 1. The fourth-order valence-electron chi connectivity index (χ4n) is 0.844. The minimum atomic E-state index is 0.284. The molecule has 1 aliphatic rings. The Morgan fingerprint density at radius 3 is 2.70 bits per heavy atom. The van der Waals surface area contributed by atoms with Gasteiger partial charge in [0.1, 0.15) is 0 Å². The molecule has 0 aromatic rings. The van der Waals surface area contributed by atoms with Crippen molar-refractivity contribution in [1.82, 2.24) is 5.32 Å². The van der Waals surface area contributed by atoms with Gasteiger partial charge < -0.3 is 15.2 Å². The predicted molar refractivity (Wildman–Crippen MR) is 38.9 cm³/mol. The Balaban J connectivity index is 1.76. The third-order valence-electron chi connectivity index (χ3n) is 1.65. The molecular weight excluding hydrogens is 130 g/mol. The van der Waals surface area contributed by atoms with Gasteiger partial charge in [-0.15, -0.1) is 0 Å². The average Bonchev–Trinajstić information content (AvgIpc) is 1.84. The molecule has 1 rings (SSSR count). The molecule has 0 aromatic heterocycles. The van der Waals surface area contributed by atoms with Gasteiger partial charge in [0.05, 0.1) is 6.10 Å². The molecule has 0 aliphatic carbocycles. The van der Waals surface area contributed by atoms with Crippen molar-refractivity contribution in [2.45, 2.75) is 18.9 Å². The van der Waals surface area contributed by atoms with E-state index in [1.165, 1.54) is 0 Å². The summed E-state index contributed by atoms with van der Waals surface area (Å²) in [5.74, 6) is 0. The Bertz CT molecular complexity index is 83.7. The summed E-state index contributed by atoms with van der Waals surface area (Å²) >= 11 is 0. The fraction of sp³-hybridized carbons (Fsp3) is 1.00. The van der Waals surface area contributed by atoms with E-state index in [4.69, 9.17) is 9.84 Å². The van der Waals surface area contributed by atoms with E-state index in [0.29, 0.717) is 6.10 Å². The van der Waals surface area contributed by atoms with Crippen LogP contribution in [0.1, 0.15) is 12.8 Å². The van der Waals surface area contributed by atoms with Crippen molar-refractivity contribution >= 4 is 0 Å². The van der Waals surface area contributed by atoms with E-state index < -0.39 is 0 Å². The topological polar surface area (TPSA) is 41.5 Å². The third kappa shape index (κ3) is 2.64. The van der Waals surface area contributed by atoms with Crippen molar-refractivity contribution in [2.24, 2.45) is 0 Å². The Morgan fingerprint density at radius 1 is 1.40 bits per heavy atom. The van der Waals surface area contributed by atoms with Gasteiger partial charge in [-0.25, -0.2) is 0 Å². The van der Waals surface area contributed by atoms with Crippen molar-refractivity contribution < 1.29 is 9.84 Å². The van der Waals surface area contributed by atoms with Gasteiger partial charge in [-0.1, -0.05) is 0 Å². The second kappa shape index (κ2) is 4.66. The van der Waals surface area contributed by atoms with Gasteiger partial charge in [0, 0.05) is 26.3 Å². The Labute approximate surface area is 61.4 Å². The molecule has 2 N–H and O–H groups in total. The summed E-state index contributed by atoms with van der Waals surface area (Å²) in [5, 5.41) is 11.6. The molecule has 1 aliphatic heterocycles. The highest BCUT2D eigenvalue weighted by atomic mass is 16.5. The smallest absolute Gasteiger partial charge is 0.0823 e. The van der Waals surface area contributed by atoms with Crippen molar-refractivity contribution in [3.05, 3.63) is 0 Å². The van der Waals surface area contributed by atoms with Crippen LogP contribution >= 0.6 is 0 Å². The minimum Gasteiger partial charge on any atom is -0.396 e. The number of aliphatic hydroxyl groups excluding tert-OH is 1. The molecule has 0 radical (unpaired) electrons. The summed E-state index contributed by atoms with van der Waals surface area (Å²) in [7, 11) is 0. The van der Waals surface area contributed by atoms with E-state index >= 15 is 0 Å². The molecule has 1 saturated heterocycles. The highest BCUT2D eigenvalue weighted by Crippen LogP contribution is 1.99. The summed E-state index contributed by atoms with van der Waals surface area (Å²) in [5.41, 5.74) is 0. The lowest BCUT2D eigenvalue weighted by Gasteiger charge is -2.26. The van der Waals surface area contributed by atoms with E-state index in [0.717, 1.165) is 32.5 Å². The standard InChI is InChI=1S/C7H15NO2/c9-3-1-2-4-10-7-5-8-6-7/h7-9H,1-6H2. The van der Waals surface area contributed by atoms with Gasteiger partial charge in [-0.3, -0.25) is 0 Å². The monoisotopic (exact) mass is 145 g/mol. The number of rotatable bonds is 5. The zero-order chi connectivity index (χ0) is 7.23. The Hall–Kier alpha value is -0.120. The molecule has 3 heteroatoms. The largest absolute Gasteiger partial charge is 0.396 e. The molecule has 0 spiro atoms. The van der Waals surface area contributed by atoms with Crippen LogP contribution in [0, 0.1) is 0 Å². The Kier molecular flexibility index (Phi) is 3.72. The quantitative estimate of drug-likeness (QED) is 0.524. The minimum absolute atomic E-state index is 0.284. The van der Waals surface area contributed by atoms with Crippen LogP contribution in [0.3, 0.4) is 0 Å². The van der Waals surface area contributed by atoms with E-state index in [1.807, 2.05) is 0 Å². The lowest BCUT2D eigenvalue weighted by atomic mass is 10.2. The summed E-state index contributed by atoms with van der Waals surface area (Å²) in [6.07, 6.45) is 2.28. The highest BCUT2D eigenvalue weighted by molar-refractivity contribution is 4.74. The highest BCUT2D eigenvalue weighted by Gasteiger charge is 2.15. The first-order valence-electron chi connectivity index (χ1n) is 3.86. The average molecular weight is 145 g/mol. The molecule has 0 bridgehead atoms. The van der Waals surface area contributed by atoms with Crippen LogP contribution in [-0.2, 0) is 4.74 Å². The number of aliphatic hydroxyl groups is 1. The van der Waals surface area contributed by atoms with Gasteiger partial charge in [-0.2, -0.15) is 0 Å². The zero-order valence-electron chi connectivity index (χ0n) is 6.18. The molecule has 10 heavy (non-hydrogen) atoms. The van der Waals surface area contributed by atoms with Gasteiger partial charge in [0.25, 0.3) is 0 Å². The SMILES string of the molecule is OCCCCOC1CNC1. The summed E-state index contributed by atoms with van der Waals surface area (Å²) in [6.45, 7) is 3.08. The van der Waals surface area contributed by atoms with Gasteiger partial charge in [0.15, 0.2) is 0 Å². The van der Waals surface area contributed by atoms with Crippen LogP contribution in [-0.4, -0.2) is 37.5 Å². The van der Waals surface area contributed by atoms with Crippen molar-refractivity contribution in [2.75, 3.05) is 26.3 Å².